The second-order valence-electron chi connectivity index (χ2n) is 8.26. The summed E-state index contributed by atoms with van der Waals surface area (Å²) in [5, 5.41) is 26.4. The Labute approximate surface area is 179 Å². The molecule has 7 nitrogen and oxygen atoms in total. The van der Waals surface area contributed by atoms with Gasteiger partial charge in [0, 0.05) is 36.4 Å². The zero-order valence-corrected chi connectivity index (χ0v) is 17.6. The zero-order chi connectivity index (χ0) is 21.7. The average molecular weight is 421 g/mol. The second kappa shape index (κ2) is 7.46. The van der Waals surface area contributed by atoms with Gasteiger partial charge in [-0.3, -0.25) is 0 Å². The van der Waals surface area contributed by atoms with Crippen LogP contribution in [0.15, 0.2) is 53.7 Å². The first-order chi connectivity index (χ1) is 14.9. The summed E-state index contributed by atoms with van der Waals surface area (Å²) in [5.74, 6) is 0.348. The lowest BCUT2D eigenvalue weighted by molar-refractivity contribution is 0.0450. The van der Waals surface area contributed by atoms with Gasteiger partial charge >= 0.3 is 0 Å². The van der Waals surface area contributed by atoms with E-state index in [9.17, 15) is 9.50 Å². The molecule has 1 fully saturated rings. The molecule has 1 aromatic carbocycles. The highest BCUT2D eigenvalue weighted by Gasteiger charge is 2.45. The van der Waals surface area contributed by atoms with Crippen molar-refractivity contribution in [3.05, 3.63) is 59.4 Å². The van der Waals surface area contributed by atoms with Gasteiger partial charge in [-0.1, -0.05) is 11.1 Å². The third-order valence-electron chi connectivity index (χ3n) is 6.29. The van der Waals surface area contributed by atoms with Crippen molar-refractivity contribution in [1.29, 1.82) is 0 Å². The normalized spacial score (nSPS) is 25.2. The molecule has 4 atom stereocenters. The van der Waals surface area contributed by atoms with E-state index in [4.69, 9.17) is 4.74 Å². The number of nitrogens with zero attached hydrogens (tertiary/aromatic N) is 4. The summed E-state index contributed by atoms with van der Waals surface area (Å²) < 4.78 is 22.5. The number of nitrogens with one attached hydrogen (secondary N) is 1. The molecule has 0 aliphatic carbocycles. The molecule has 2 aliphatic rings. The number of benzene rings is 1. The number of hydrogen-bond acceptors (Lipinski definition) is 6. The van der Waals surface area contributed by atoms with Gasteiger partial charge in [0.05, 0.1) is 23.1 Å². The van der Waals surface area contributed by atoms with Gasteiger partial charge in [-0.15, -0.1) is 10.2 Å². The van der Waals surface area contributed by atoms with Crippen LogP contribution in [0.5, 0.6) is 11.6 Å². The van der Waals surface area contributed by atoms with E-state index in [2.05, 4.69) is 20.6 Å². The summed E-state index contributed by atoms with van der Waals surface area (Å²) in [6.45, 7) is 5.92. The fourth-order valence-electron chi connectivity index (χ4n) is 4.37. The lowest BCUT2D eigenvalue weighted by atomic mass is 9.97. The number of hydrogen-bond donors (Lipinski definition) is 2. The van der Waals surface area contributed by atoms with Crippen molar-refractivity contribution in [2.45, 2.75) is 51.6 Å². The molecule has 8 heteroatoms. The van der Waals surface area contributed by atoms with Crippen LogP contribution in [0, 0.1) is 6.92 Å². The standard InChI is InChI=1S/C23H24FN5O2/c1-12-8-9-29(28-12)15-4-5-16(19(30)10-15)17-6-7-21(27-26-17)31-20-11-18-13(2)14(3)23(25-18)22(20)24/h4-10,18,20,22-23,25,30H,11H2,1-3H3. The highest BCUT2D eigenvalue weighted by molar-refractivity contribution is 5.68. The predicted octanol–water partition coefficient (Wildman–Crippen LogP) is 3.51. The van der Waals surface area contributed by atoms with Gasteiger partial charge < -0.3 is 15.2 Å². The van der Waals surface area contributed by atoms with Crippen LogP contribution in [0.2, 0.25) is 0 Å². The fourth-order valence-corrected chi connectivity index (χ4v) is 4.37. The van der Waals surface area contributed by atoms with Gasteiger partial charge in [-0.25, -0.2) is 9.07 Å². The summed E-state index contributed by atoms with van der Waals surface area (Å²) in [6.07, 6.45) is 0.672. The maximum Gasteiger partial charge on any atom is 0.233 e. The first-order valence-electron chi connectivity index (χ1n) is 10.3. The molecule has 0 spiro atoms. The zero-order valence-electron chi connectivity index (χ0n) is 17.6. The molecule has 4 unspecified atom stereocenters. The summed E-state index contributed by atoms with van der Waals surface area (Å²) in [4.78, 5) is 0. The molecular formula is C23H24FN5O2. The van der Waals surface area contributed by atoms with E-state index in [0.717, 1.165) is 17.0 Å². The Morgan fingerprint density at radius 3 is 2.61 bits per heavy atom. The minimum absolute atomic E-state index is 0.0735. The number of aromatic hydroxyl groups is 1. The first-order valence-corrected chi connectivity index (χ1v) is 10.3. The van der Waals surface area contributed by atoms with Crippen LogP contribution < -0.4 is 10.1 Å². The van der Waals surface area contributed by atoms with Crippen LogP contribution in [-0.2, 0) is 0 Å². The maximum atomic E-state index is 14.9. The topological polar surface area (TPSA) is 85.1 Å². The lowest BCUT2D eigenvalue weighted by Crippen LogP contribution is -2.53. The number of phenols is 1. The molecule has 3 aromatic rings. The third kappa shape index (κ3) is 3.46. The molecular weight excluding hydrogens is 397 g/mol. The quantitative estimate of drug-likeness (QED) is 0.627. The highest BCUT2D eigenvalue weighted by Crippen LogP contribution is 2.36. The number of alkyl halides is 1. The number of aryl methyl sites for hydroxylation is 1. The molecule has 2 N–H and O–H groups in total. The Kier molecular flexibility index (Phi) is 4.74. The number of rotatable bonds is 4. The van der Waals surface area contributed by atoms with Crippen LogP contribution in [0.3, 0.4) is 0 Å². The Morgan fingerprint density at radius 1 is 1.10 bits per heavy atom. The van der Waals surface area contributed by atoms with Crippen molar-refractivity contribution in [3.8, 4) is 28.6 Å². The van der Waals surface area contributed by atoms with Crippen LogP contribution in [-0.4, -0.2) is 49.4 Å². The summed E-state index contributed by atoms with van der Waals surface area (Å²) in [5.41, 5.74) is 4.95. The molecule has 31 heavy (non-hydrogen) atoms. The molecule has 0 saturated carbocycles. The van der Waals surface area contributed by atoms with E-state index < -0.39 is 12.3 Å². The summed E-state index contributed by atoms with van der Waals surface area (Å²) >= 11 is 0. The van der Waals surface area contributed by atoms with Crippen molar-refractivity contribution < 1.29 is 14.2 Å². The lowest BCUT2D eigenvalue weighted by Gasteiger charge is -2.33. The maximum absolute atomic E-state index is 14.9. The van der Waals surface area contributed by atoms with Crippen LogP contribution in [0.25, 0.3) is 16.9 Å². The number of ether oxygens (including phenoxy) is 1. The van der Waals surface area contributed by atoms with Crippen LogP contribution >= 0.6 is 0 Å². The van der Waals surface area contributed by atoms with Crippen LogP contribution in [0.4, 0.5) is 4.39 Å². The molecule has 0 radical (unpaired) electrons. The van der Waals surface area contributed by atoms with Crippen molar-refractivity contribution in [2.75, 3.05) is 0 Å². The molecule has 2 aliphatic heterocycles. The number of phenolic OH excluding ortho intramolecular Hbond substituents is 1. The molecule has 0 amide bonds. The van der Waals surface area contributed by atoms with E-state index in [1.54, 1.807) is 28.9 Å². The van der Waals surface area contributed by atoms with Gasteiger partial charge in [0.25, 0.3) is 0 Å². The first kappa shape index (κ1) is 19.7. The smallest absolute Gasteiger partial charge is 0.233 e. The minimum Gasteiger partial charge on any atom is -0.507 e. The summed E-state index contributed by atoms with van der Waals surface area (Å²) in [6, 6.07) is 10.4. The molecule has 160 valence electrons. The SMILES string of the molecule is CC1=C(C)C2NC1CC(Oc1ccc(-c3ccc(-n4ccc(C)n4)cc3O)nn1)C2F. The molecule has 5 rings (SSSR count). The Hall–Kier alpha value is -3.26. The minimum atomic E-state index is -1.14. The molecule has 4 heterocycles. The van der Waals surface area contributed by atoms with Crippen molar-refractivity contribution in [1.82, 2.24) is 25.3 Å². The number of piperidine rings is 1. The van der Waals surface area contributed by atoms with E-state index >= 15 is 0 Å². The van der Waals surface area contributed by atoms with Gasteiger partial charge in [0.15, 0.2) is 6.17 Å². The Balaban J connectivity index is 1.32. The van der Waals surface area contributed by atoms with Gasteiger partial charge in [0.1, 0.15) is 11.9 Å². The van der Waals surface area contributed by atoms with E-state index in [1.165, 1.54) is 5.57 Å². The molecule has 2 aromatic heterocycles. The van der Waals surface area contributed by atoms with Crippen molar-refractivity contribution in [2.24, 2.45) is 0 Å². The van der Waals surface area contributed by atoms with Crippen molar-refractivity contribution >= 4 is 0 Å². The predicted molar refractivity (Wildman–Crippen MR) is 114 cm³/mol. The third-order valence-corrected chi connectivity index (χ3v) is 6.29. The van der Waals surface area contributed by atoms with Crippen LogP contribution in [0.1, 0.15) is 26.0 Å². The van der Waals surface area contributed by atoms with E-state index in [0.29, 0.717) is 17.7 Å². The van der Waals surface area contributed by atoms with E-state index in [1.807, 2.05) is 39.1 Å². The molecule has 1 saturated heterocycles. The summed E-state index contributed by atoms with van der Waals surface area (Å²) in [7, 11) is 0. The number of halogens is 1. The highest BCUT2D eigenvalue weighted by atomic mass is 19.1. The van der Waals surface area contributed by atoms with Gasteiger partial charge in [0.2, 0.25) is 5.88 Å². The van der Waals surface area contributed by atoms with Crippen molar-refractivity contribution in [3.63, 3.8) is 0 Å². The van der Waals surface area contributed by atoms with Gasteiger partial charge in [-0.2, -0.15) is 5.10 Å². The van der Waals surface area contributed by atoms with Gasteiger partial charge in [-0.05, 0) is 45.0 Å². The second-order valence-corrected chi connectivity index (χ2v) is 8.26. The Bertz CT molecular complexity index is 1160. The molecule has 2 bridgehead atoms. The average Bonchev–Trinajstić information content (AvgIpc) is 3.30. The largest absolute Gasteiger partial charge is 0.507 e. The number of aromatic nitrogens is 4. The number of fused-ring (bicyclic) bond motifs is 2. The Morgan fingerprint density at radius 2 is 1.94 bits per heavy atom. The van der Waals surface area contributed by atoms with E-state index in [-0.39, 0.29) is 23.7 Å². The monoisotopic (exact) mass is 421 g/mol. The fraction of sp³-hybridized carbons (Fsp3) is 0.348.